The minimum atomic E-state index is -1.62. The van der Waals surface area contributed by atoms with E-state index < -0.39 is 55.4 Å². The van der Waals surface area contributed by atoms with Gasteiger partial charge in [-0.2, -0.15) is 0 Å². The average Bonchev–Trinajstić information content (AvgIpc) is 3.23. The Labute approximate surface area is 355 Å². The Hall–Kier alpha value is -3.64. The number of allylic oxidation sites excluding steroid dienone is 18. The molecule has 4 N–H and O–H groups in total. The van der Waals surface area contributed by atoms with E-state index in [0.717, 1.165) is 57.8 Å². The monoisotopic (exact) mass is 825 g/mol. The Kier molecular flexibility index (Phi) is 34.9. The summed E-state index contributed by atoms with van der Waals surface area (Å²) in [5.74, 6) is -0.928. The number of aliphatic hydroxyl groups excluding tert-OH is 4. The van der Waals surface area contributed by atoms with E-state index >= 15 is 0 Å². The molecule has 10 heteroatoms. The average molecular weight is 825 g/mol. The fraction of sp³-hybridized carbons (Fsp3) is 0.592. The van der Waals surface area contributed by atoms with Gasteiger partial charge in [-0.25, -0.2) is 0 Å². The SMILES string of the molecule is CC/C=C/C=C/C=C/C=C/C=C/CCCC(=O)OC(COC(=O)CCCCCCC/C=C/C/C=C/C/C=C/C/C=C/CCCCC)CO[C@H]1O[C@@H](CO)[C@@H](O)C(O)C1O. The molecule has 1 heterocycles. The van der Waals surface area contributed by atoms with E-state index in [4.69, 9.17) is 18.9 Å². The van der Waals surface area contributed by atoms with Crippen LogP contribution in [0.15, 0.2) is 109 Å². The van der Waals surface area contributed by atoms with Crippen molar-refractivity contribution in [2.24, 2.45) is 0 Å². The first-order valence-corrected chi connectivity index (χ1v) is 22.0. The van der Waals surface area contributed by atoms with Gasteiger partial charge < -0.3 is 39.4 Å². The van der Waals surface area contributed by atoms with Crippen LogP contribution >= 0.6 is 0 Å². The van der Waals surface area contributed by atoms with Crippen molar-refractivity contribution in [1.82, 2.24) is 0 Å². The summed E-state index contributed by atoms with van der Waals surface area (Å²) in [6, 6.07) is 0. The van der Waals surface area contributed by atoms with Crippen molar-refractivity contribution < 1.29 is 49.0 Å². The molecule has 0 aromatic heterocycles. The summed E-state index contributed by atoms with van der Waals surface area (Å²) < 4.78 is 22.0. The lowest BCUT2D eigenvalue weighted by Gasteiger charge is -2.39. The van der Waals surface area contributed by atoms with Crippen LogP contribution < -0.4 is 0 Å². The van der Waals surface area contributed by atoms with Gasteiger partial charge in [0.1, 0.15) is 31.0 Å². The second kappa shape index (κ2) is 38.6. The second-order valence-corrected chi connectivity index (χ2v) is 14.5. The van der Waals surface area contributed by atoms with Gasteiger partial charge in [0.25, 0.3) is 0 Å². The molecule has 59 heavy (non-hydrogen) atoms. The second-order valence-electron chi connectivity index (χ2n) is 14.5. The van der Waals surface area contributed by atoms with E-state index in [1.807, 2.05) is 54.7 Å². The summed E-state index contributed by atoms with van der Waals surface area (Å²) >= 11 is 0. The van der Waals surface area contributed by atoms with Gasteiger partial charge in [-0.15, -0.1) is 0 Å². The van der Waals surface area contributed by atoms with Crippen molar-refractivity contribution in [3.8, 4) is 0 Å². The van der Waals surface area contributed by atoms with Crippen LogP contribution in [0.3, 0.4) is 0 Å². The molecule has 0 spiro atoms. The summed E-state index contributed by atoms with van der Waals surface area (Å²) in [4.78, 5) is 25.3. The summed E-state index contributed by atoms with van der Waals surface area (Å²) in [7, 11) is 0. The highest BCUT2D eigenvalue weighted by atomic mass is 16.7. The minimum absolute atomic E-state index is 0.122. The van der Waals surface area contributed by atoms with Crippen molar-refractivity contribution in [3.05, 3.63) is 109 Å². The normalized spacial score (nSPS) is 21.1. The van der Waals surface area contributed by atoms with E-state index in [-0.39, 0.29) is 26.1 Å². The van der Waals surface area contributed by atoms with Crippen LogP contribution in [-0.2, 0) is 28.5 Å². The van der Waals surface area contributed by atoms with E-state index in [1.54, 1.807) is 0 Å². The smallest absolute Gasteiger partial charge is 0.306 e. The highest BCUT2D eigenvalue weighted by Gasteiger charge is 2.44. The number of aliphatic hydroxyl groups is 4. The Morgan fingerprint density at radius 2 is 1.08 bits per heavy atom. The maximum Gasteiger partial charge on any atom is 0.306 e. The zero-order valence-corrected chi connectivity index (χ0v) is 35.9. The molecule has 1 saturated heterocycles. The summed E-state index contributed by atoms with van der Waals surface area (Å²) in [5, 5.41) is 40.0. The predicted octanol–water partition coefficient (Wildman–Crippen LogP) is 9.33. The van der Waals surface area contributed by atoms with Gasteiger partial charge in [0, 0.05) is 12.8 Å². The molecular formula is C49H76O10. The van der Waals surface area contributed by atoms with Crippen molar-refractivity contribution in [2.75, 3.05) is 19.8 Å². The third-order valence-electron chi connectivity index (χ3n) is 9.27. The summed E-state index contributed by atoms with van der Waals surface area (Å²) in [5.41, 5.74) is 0. The molecule has 0 radical (unpaired) electrons. The molecule has 6 atom stereocenters. The first-order valence-electron chi connectivity index (χ1n) is 22.0. The largest absolute Gasteiger partial charge is 0.462 e. The zero-order valence-electron chi connectivity index (χ0n) is 35.9. The van der Waals surface area contributed by atoms with E-state index in [0.29, 0.717) is 19.3 Å². The summed E-state index contributed by atoms with van der Waals surface area (Å²) in [6.07, 6.45) is 45.3. The van der Waals surface area contributed by atoms with Gasteiger partial charge in [0.05, 0.1) is 13.2 Å². The third-order valence-corrected chi connectivity index (χ3v) is 9.27. The molecule has 1 rings (SSSR count). The maximum atomic E-state index is 12.7. The molecular weight excluding hydrogens is 749 g/mol. The molecule has 1 aliphatic heterocycles. The van der Waals surface area contributed by atoms with Gasteiger partial charge in [-0.1, -0.05) is 155 Å². The standard InChI is InChI=1S/C49H76O10/c1-3-5-7-9-11-13-15-17-18-19-20-21-22-23-24-26-27-29-31-33-35-37-44(51)56-40-42(41-57-49-48(55)47(54)46(53)43(39-50)59-49)58-45(52)38-36-34-32-30-28-25-16-14-12-10-8-6-4-2/h6,8,10-14,16-18,20-21,23-25,28,30,32,42-43,46-50,53-55H,3-5,7,9,15,19,22,26-27,29,31,33-41H2,1-2H3/b8-6+,12-10+,13-11+,16-14+,18-17+,21-20+,24-23+,28-25+,32-30+/t42?,43-,46+,47?,48?,49-/m0/s1. The van der Waals surface area contributed by atoms with Crippen LogP contribution in [0.5, 0.6) is 0 Å². The maximum absolute atomic E-state index is 12.7. The molecule has 332 valence electrons. The number of carbonyl (C=O) groups is 2. The number of unbranched alkanes of at least 4 members (excludes halogenated alkanes) is 9. The molecule has 1 fully saturated rings. The van der Waals surface area contributed by atoms with Crippen molar-refractivity contribution in [1.29, 1.82) is 0 Å². The van der Waals surface area contributed by atoms with Gasteiger partial charge in [-0.05, 0) is 70.6 Å². The van der Waals surface area contributed by atoms with E-state index in [2.05, 4.69) is 68.5 Å². The molecule has 0 bridgehead atoms. The Morgan fingerprint density at radius 1 is 0.559 bits per heavy atom. The number of esters is 2. The van der Waals surface area contributed by atoms with Gasteiger partial charge in [0.2, 0.25) is 0 Å². The number of hydrogen-bond acceptors (Lipinski definition) is 10. The molecule has 10 nitrogen and oxygen atoms in total. The van der Waals surface area contributed by atoms with Gasteiger partial charge >= 0.3 is 11.9 Å². The Bertz CT molecular complexity index is 1320. The van der Waals surface area contributed by atoms with Crippen molar-refractivity contribution in [2.45, 2.75) is 166 Å². The molecule has 1 aliphatic rings. The highest BCUT2D eigenvalue weighted by molar-refractivity contribution is 5.70. The van der Waals surface area contributed by atoms with Crippen LogP contribution in [0, 0.1) is 0 Å². The van der Waals surface area contributed by atoms with Crippen LogP contribution in [0.4, 0.5) is 0 Å². The number of rotatable bonds is 34. The highest BCUT2D eigenvalue weighted by Crippen LogP contribution is 2.22. The molecule has 0 aromatic carbocycles. The fourth-order valence-electron chi connectivity index (χ4n) is 5.79. The first-order chi connectivity index (χ1) is 28.8. The lowest BCUT2D eigenvalue weighted by molar-refractivity contribution is -0.305. The summed E-state index contributed by atoms with van der Waals surface area (Å²) in [6.45, 7) is 3.12. The van der Waals surface area contributed by atoms with Gasteiger partial charge in [-0.3, -0.25) is 9.59 Å². The predicted molar refractivity (Wildman–Crippen MR) is 237 cm³/mol. The van der Waals surface area contributed by atoms with Crippen LogP contribution in [-0.4, -0.2) is 89.0 Å². The topological polar surface area (TPSA) is 152 Å². The van der Waals surface area contributed by atoms with Crippen LogP contribution in [0.2, 0.25) is 0 Å². The van der Waals surface area contributed by atoms with Gasteiger partial charge in [0.15, 0.2) is 12.4 Å². The molecule has 0 aliphatic carbocycles. The van der Waals surface area contributed by atoms with E-state index in [9.17, 15) is 30.0 Å². The molecule has 0 saturated carbocycles. The lowest BCUT2D eigenvalue weighted by atomic mass is 9.99. The number of carbonyl (C=O) groups excluding carboxylic acids is 2. The fourth-order valence-corrected chi connectivity index (χ4v) is 5.79. The van der Waals surface area contributed by atoms with Crippen LogP contribution in [0.25, 0.3) is 0 Å². The van der Waals surface area contributed by atoms with E-state index in [1.165, 1.54) is 25.7 Å². The first kappa shape index (κ1) is 53.4. The molecule has 0 amide bonds. The van der Waals surface area contributed by atoms with Crippen LogP contribution in [0.1, 0.15) is 129 Å². The number of ether oxygens (including phenoxy) is 4. The van der Waals surface area contributed by atoms with Crippen molar-refractivity contribution >= 4 is 11.9 Å². The lowest BCUT2D eigenvalue weighted by Crippen LogP contribution is -2.59. The minimum Gasteiger partial charge on any atom is -0.462 e. The quantitative estimate of drug-likeness (QED) is 0.0214. The molecule has 0 aromatic rings. The number of hydrogen-bond donors (Lipinski definition) is 4. The molecule has 3 unspecified atom stereocenters. The Balaban J connectivity index is 2.38. The zero-order chi connectivity index (χ0) is 43.0. The van der Waals surface area contributed by atoms with Crippen molar-refractivity contribution in [3.63, 3.8) is 0 Å². The Morgan fingerprint density at radius 3 is 1.69 bits per heavy atom. The third kappa shape index (κ3) is 30.1.